The molecule has 0 saturated carbocycles. The quantitative estimate of drug-likeness (QED) is 0.831. The molecule has 1 unspecified atom stereocenters. The highest BCUT2D eigenvalue weighted by molar-refractivity contribution is 6.20. The van der Waals surface area contributed by atoms with Crippen molar-refractivity contribution in [1.29, 1.82) is 0 Å². The highest BCUT2D eigenvalue weighted by Gasteiger charge is 2.15. The molecule has 1 atom stereocenters. The van der Waals surface area contributed by atoms with Crippen LogP contribution in [0.15, 0.2) is 24.3 Å². The van der Waals surface area contributed by atoms with E-state index in [1.54, 1.807) is 0 Å². The minimum absolute atomic E-state index is 0.0674. The van der Waals surface area contributed by atoms with Crippen LogP contribution in [0.3, 0.4) is 0 Å². The zero-order chi connectivity index (χ0) is 14.5. The van der Waals surface area contributed by atoms with E-state index in [0.29, 0.717) is 13.0 Å². The van der Waals surface area contributed by atoms with Crippen molar-refractivity contribution >= 4 is 28.5 Å². The molecule has 0 aliphatic heterocycles. The summed E-state index contributed by atoms with van der Waals surface area (Å²) in [5.74, 6) is 0.883. The normalized spacial score (nSPS) is 12.6. The van der Waals surface area contributed by atoms with Crippen LogP contribution < -0.4 is 5.32 Å². The molecular weight excluding hydrogens is 274 g/mol. The first-order valence-electron chi connectivity index (χ1n) is 6.99. The van der Waals surface area contributed by atoms with Gasteiger partial charge in [-0.3, -0.25) is 4.79 Å². The zero-order valence-corrected chi connectivity index (χ0v) is 12.7. The van der Waals surface area contributed by atoms with Gasteiger partial charge in [-0.1, -0.05) is 19.1 Å². The third-order valence-electron chi connectivity index (χ3n) is 3.17. The van der Waals surface area contributed by atoms with Crippen molar-refractivity contribution in [1.82, 2.24) is 14.9 Å². The number of rotatable bonds is 6. The lowest BCUT2D eigenvalue weighted by Crippen LogP contribution is -2.25. The molecule has 0 saturated heterocycles. The number of nitrogens with one attached hydrogen (secondary N) is 1. The van der Waals surface area contributed by atoms with Crippen LogP contribution in [0.25, 0.3) is 11.0 Å². The minimum atomic E-state index is -0.180. The molecule has 1 N–H and O–H groups in total. The maximum atomic E-state index is 11.7. The predicted molar refractivity (Wildman–Crippen MR) is 81.9 cm³/mol. The predicted octanol–water partition coefficient (Wildman–Crippen LogP) is 3.25. The van der Waals surface area contributed by atoms with Gasteiger partial charge in [-0.15, -0.1) is 11.6 Å². The Balaban J connectivity index is 2.19. The number of aromatic nitrogens is 2. The number of fused-ring (bicyclic) bond motifs is 1. The molecule has 0 bridgehead atoms. The van der Waals surface area contributed by atoms with Crippen molar-refractivity contribution in [2.24, 2.45) is 0 Å². The van der Waals surface area contributed by atoms with Gasteiger partial charge in [0, 0.05) is 19.5 Å². The highest BCUT2D eigenvalue weighted by Crippen LogP contribution is 2.24. The van der Waals surface area contributed by atoms with E-state index in [4.69, 9.17) is 11.6 Å². The standard InChI is InChI=1S/C15H20ClN3O/c1-3-9-17-14(20)8-10-19-13-7-5-4-6-12(13)18-15(19)11(2)16/h4-7,11H,3,8-10H2,1-2H3,(H,17,20). The maximum Gasteiger partial charge on any atom is 0.221 e. The van der Waals surface area contributed by atoms with Gasteiger partial charge in [-0.2, -0.15) is 0 Å². The number of amides is 1. The molecule has 0 spiro atoms. The lowest BCUT2D eigenvalue weighted by molar-refractivity contribution is -0.121. The number of imidazole rings is 1. The molecule has 1 amide bonds. The van der Waals surface area contributed by atoms with Gasteiger partial charge in [0.15, 0.2) is 0 Å². The number of halogens is 1. The Morgan fingerprint density at radius 3 is 2.90 bits per heavy atom. The van der Waals surface area contributed by atoms with Gasteiger partial charge in [0.2, 0.25) is 5.91 Å². The number of benzene rings is 1. The summed E-state index contributed by atoms with van der Waals surface area (Å²) in [4.78, 5) is 16.3. The fourth-order valence-electron chi connectivity index (χ4n) is 2.20. The second-order valence-corrected chi connectivity index (χ2v) is 5.48. The molecule has 0 fully saturated rings. The Labute approximate surface area is 124 Å². The summed E-state index contributed by atoms with van der Waals surface area (Å²) in [6.45, 7) is 5.26. The lowest BCUT2D eigenvalue weighted by atomic mass is 10.3. The molecule has 1 heterocycles. The molecule has 0 radical (unpaired) electrons. The van der Waals surface area contributed by atoms with E-state index >= 15 is 0 Å². The first-order valence-corrected chi connectivity index (χ1v) is 7.43. The number of carbonyl (C=O) groups is 1. The number of para-hydroxylation sites is 2. The number of alkyl halides is 1. The van der Waals surface area contributed by atoms with Gasteiger partial charge in [0.1, 0.15) is 5.82 Å². The molecule has 2 rings (SSSR count). The van der Waals surface area contributed by atoms with Gasteiger partial charge < -0.3 is 9.88 Å². The van der Waals surface area contributed by atoms with Crippen LogP contribution in [-0.4, -0.2) is 22.0 Å². The Bertz CT molecular complexity index is 592. The topological polar surface area (TPSA) is 46.9 Å². The number of carbonyl (C=O) groups excluding carboxylic acids is 1. The van der Waals surface area contributed by atoms with E-state index in [9.17, 15) is 4.79 Å². The number of aryl methyl sites for hydroxylation is 1. The fourth-order valence-corrected chi connectivity index (χ4v) is 2.37. The van der Waals surface area contributed by atoms with Crippen LogP contribution in [0.4, 0.5) is 0 Å². The summed E-state index contributed by atoms with van der Waals surface area (Å²) in [5, 5.41) is 2.71. The summed E-state index contributed by atoms with van der Waals surface area (Å²) in [6.07, 6.45) is 1.39. The molecule has 4 nitrogen and oxygen atoms in total. The Morgan fingerprint density at radius 2 is 2.20 bits per heavy atom. The molecular formula is C15H20ClN3O. The first-order chi connectivity index (χ1) is 9.63. The maximum absolute atomic E-state index is 11.7. The average Bonchev–Trinajstić information content (AvgIpc) is 2.82. The van der Waals surface area contributed by atoms with Crippen molar-refractivity contribution in [2.75, 3.05) is 6.54 Å². The third kappa shape index (κ3) is 3.31. The van der Waals surface area contributed by atoms with Gasteiger partial charge in [0.05, 0.1) is 16.4 Å². The number of hydrogen-bond donors (Lipinski definition) is 1. The van der Waals surface area contributed by atoms with Gasteiger partial charge in [0.25, 0.3) is 0 Å². The van der Waals surface area contributed by atoms with E-state index in [0.717, 1.165) is 29.8 Å². The molecule has 2 aromatic rings. The van der Waals surface area contributed by atoms with Crippen LogP contribution in [0.5, 0.6) is 0 Å². The molecule has 0 aliphatic carbocycles. The summed E-state index contributed by atoms with van der Waals surface area (Å²) in [5.41, 5.74) is 1.95. The number of nitrogens with zero attached hydrogens (tertiary/aromatic N) is 2. The summed E-state index contributed by atoms with van der Waals surface area (Å²) in [7, 11) is 0. The smallest absolute Gasteiger partial charge is 0.221 e. The van der Waals surface area contributed by atoms with Crippen molar-refractivity contribution in [3.8, 4) is 0 Å². The van der Waals surface area contributed by atoms with E-state index in [2.05, 4.69) is 10.3 Å². The molecule has 20 heavy (non-hydrogen) atoms. The minimum Gasteiger partial charge on any atom is -0.356 e. The highest BCUT2D eigenvalue weighted by atomic mass is 35.5. The second-order valence-electron chi connectivity index (χ2n) is 4.83. The van der Waals surface area contributed by atoms with Gasteiger partial charge >= 0.3 is 0 Å². The van der Waals surface area contributed by atoms with Crippen LogP contribution >= 0.6 is 11.6 Å². The Morgan fingerprint density at radius 1 is 1.45 bits per heavy atom. The summed E-state index contributed by atoms with van der Waals surface area (Å²) < 4.78 is 2.04. The molecule has 1 aromatic heterocycles. The van der Waals surface area contributed by atoms with Crippen LogP contribution in [-0.2, 0) is 11.3 Å². The lowest BCUT2D eigenvalue weighted by Gasteiger charge is -2.10. The van der Waals surface area contributed by atoms with Gasteiger partial charge in [-0.05, 0) is 25.5 Å². The van der Waals surface area contributed by atoms with Crippen molar-refractivity contribution < 1.29 is 4.79 Å². The van der Waals surface area contributed by atoms with Crippen LogP contribution in [0, 0.1) is 0 Å². The van der Waals surface area contributed by atoms with Crippen molar-refractivity contribution in [2.45, 2.75) is 38.6 Å². The Hall–Kier alpha value is -1.55. The van der Waals surface area contributed by atoms with E-state index < -0.39 is 0 Å². The van der Waals surface area contributed by atoms with E-state index in [1.165, 1.54) is 0 Å². The molecule has 0 aliphatic rings. The van der Waals surface area contributed by atoms with Crippen molar-refractivity contribution in [3.05, 3.63) is 30.1 Å². The molecule has 1 aromatic carbocycles. The van der Waals surface area contributed by atoms with E-state index in [-0.39, 0.29) is 11.3 Å². The largest absolute Gasteiger partial charge is 0.356 e. The van der Waals surface area contributed by atoms with Crippen molar-refractivity contribution in [3.63, 3.8) is 0 Å². The second kappa shape index (κ2) is 6.75. The summed E-state index contributed by atoms with van der Waals surface area (Å²) >= 11 is 6.19. The van der Waals surface area contributed by atoms with Crippen LogP contribution in [0.2, 0.25) is 0 Å². The monoisotopic (exact) mass is 293 g/mol. The molecule has 5 heteroatoms. The van der Waals surface area contributed by atoms with Crippen LogP contribution in [0.1, 0.15) is 37.9 Å². The molecule has 108 valence electrons. The number of hydrogen-bond acceptors (Lipinski definition) is 2. The van der Waals surface area contributed by atoms with Gasteiger partial charge in [-0.25, -0.2) is 4.98 Å². The van der Waals surface area contributed by atoms with E-state index in [1.807, 2.05) is 42.7 Å². The SMILES string of the molecule is CCCNC(=O)CCn1c(C(C)Cl)nc2ccccc21. The average molecular weight is 294 g/mol. The zero-order valence-electron chi connectivity index (χ0n) is 11.9. The third-order valence-corrected chi connectivity index (χ3v) is 3.37. The fraction of sp³-hybridized carbons (Fsp3) is 0.467. The summed E-state index contributed by atoms with van der Waals surface area (Å²) in [6, 6.07) is 7.90. The Kier molecular flexibility index (Phi) is 5.01. The first kappa shape index (κ1) is 14.9.